The number of nitrogens with zero attached hydrogens (tertiary/aromatic N) is 2. The Kier molecular flexibility index (Phi) is 7.11. The molecule has 2 saturated heterocycles. The molecule has 8 nitrogen and oxygen atoms in total. The molecule has 1 aromatic rings. The number of hydrogen-bond acceptors (Lipinski definition) is 5. The van der Waals surface area contributed by atoms with E-state index in [1.54, 1.807) is 24.1 Å². The average molecular weight is 391 g/mol. The molecule has 2 amide bonds. The number of nitrogens with one attached hydrogen (secondary N) is 1. The van der Waals surface area contributed by atoms with E-state index in [9.17, 15) is 9.59 Å². The number of ether oxygens (including phenoxy) is 2. The summed E-state index contributed by atoms with van der Waals surface area (Å²) in [6, 6.07) is 7.42. The number of morpholine rings is 1. The number of para-hydroxylation sites is 2. The van der Waals surface area contributed by atoms with Gasteiger partial charge in [-0.05, 0) is 30.9 Å². The van der Waals surface area contributed by atoms with E-state index in [-0.39, 0.29) is 18.4 Å². The van der Waals surface area contributed by atoms with E-state index in [0.717, 1.165) is 19.5 Å². The molecule has 2 aliphatic rings. The number of hydrogen-bond donors (Lipinski definition) is 2. The van der Waals surface area contributed by atoms with Gasteiger partial charge in [0, 0.05) is 38.6 Å². The number of methoxy groups -OCH3 is 1. The molecule has 0 bridgehead atoms. The van der Waals surface area contributed by atoms with Crippen LogP contribution in [-0.2, 0) is 9.53 Å². The van der Waals surface area contributed by atoms with Gasteiger partial charge in [-0.1, -0.05) is 12.1 Å². The van der Waals surface area contributed by atoms with Crippen molar-refractivity contribution in [2.75, 3.05) is 51.8 Å². The zero-order valence-corrected chi connectivity index (χ0v) is 16.3. The van der Waals surface area contributed by atoms with Crippen LogP contribution in [0.1, 0.15) is 19.3 Å². The number of benzene rings is 1. The fourth-order valence-corrected chi connectivity index (χ4v) is 4.13. The van der Waals surface area contributed by atoms with Gasteiger partial charge in [0.05, 0.1) is 26.0 Å². The van der Waals surface area contributed by atoms with Crippen molar-refractivity contribution in [1.82, 2.24) is 9.80 Å². The number of carboxylic acids is 1. The summed E-state index contributed by atoms with van der Waals surface area (Å²) < 4.78 is 10.7. The topological polar surface area (TPSA) is 91.3 Å². The SMILES string of the molecule is COc1ccccc1NC(=O)N1CC[C@H](N2CCOCC2)[C@H](CCC(=O)O)C1. The van der Waals surface area contributed by atoms with Gasteiger partial charge in [-0.25, -0.2) is 4.79 Å². The lowest BCUT2D eigenvalue weighted by atomic mass is 9.87. The highest BCUT2D eigenvalue weighted by Crippen LogP contribution is 2.29. The number of likely N-dealkylation sites (tertiary alicyclic amines) is 1. The van der Waals surface area contributed by atoms with Gasteiger partial charge in [0.1, 0.15) is 5.75 Å². The Morgan fingerprint density at radius 3 is 2.71 bits per heavy atom. The molecule has 0 spiro atoms. The van der Waals surface area contributed by atoms with Crippen molar-refractivity contribution in [2.24, 2.45) is 5.92 Å². The molecule has 0 unspecified atom stereocenters. The Morgan fingerprint density at radius 1 is 1.25 bits per heavy atom. The fourth-order valence-electron chi connectivity index (χ4n) is 4.13. The molecule has 0 saturated carbocycles. The minimum Gasteiger partial charge on any atom is -0.495 e. The van der Waals surface area contributed by atoms with Crippen LogP contribution in [0.15, 0.2) is 24.3 Å². The van der Waals surface area contributed by atoms with E-state index in [1.807, 2.05) is 12.1 Å². The van der Waals surface area contributed by atoms with E-state index in [2.05, 4.69) is 10.2 Å². The third-order valence-corrected chi connectivity index (χ3v) is 5.57. The van der Waals surface area contributed by atoms with E-state index < -0.39 is 5.97 Å². The monoisotopic (exact) mass is 391 g/mol. The maximum Gasteiger partial charge on any atom is 0.321 e. The van der Waals surface area contributed by atoms with Crippen LogP contribution in [0, 0.1) is 5.92 Å². The third-order valence-electron chi connectivity index (χ3n) is 5.57. The zero-order chi connectivity index (χ0) is 19.9. The largest absolute Gasteiger partial charge is 0.495 e. The molecule has 0 aliphatic carbocycles. The number of anilines is 1. The predicted molar refractivity (Wildman–Crippen MR) is 105 cm³/mol. The third kappa shape index (κ3) is 5.14. The Balaban J connectivity index is 1.66. The Hall–Kier alpha value is -2.32. The smallest absolute Gasteiger partial charge is 0.321 e. The van der Waals surface area contributed by atoms with Gasteiger partial charge >= 0.3 is 12.0 Å². The van der Waals surface area contributed by atoms with E-state index in [4.69, 9.17) is 14.6 Å². The summed E-state index contributed by atoms with van der Waals surface area (Å²) in [5, 5.41) is 12.1. The number of urea groups is 1. The first kappa shape index (κ1) is 20.4. The van der Waals surface area contributed by atoms with E-state index in [0.29, 0.717) is 50.2 Å². The molecule has 154 valence electrons. The molecule has 0 aromatic heterocycles. The van der Waals surface area contributed by atoms with Gasteiger partial charge < -0.3 is 24.8 Å². The normalized spacial score (nSPS) is 23.2. The summed E-state index contributed by atoms with van der Waals surface area (Å²) in [4.78, 5) is 28.1. The molecule has 0 radical (unpaired) electrons. The van der Waals surface area contributed by atoms with Crippen LogP contribution in [-0.4, -0.2) is 79.5 Å². The minimum absolute atomic E-state index is 0.119. The number of aliphatic carboxylic acids is 1. The van der Waals surface area contributed by atoms with Gasteiger partial charge in [0.15, 0.2) is 0 Å². The predicted octanol–water partition coefficient (Wildman–Crippen LogP) is 2.11. The molecule has 2 fully saturated rings. The zero-order valence-electron chi connectivity index (χ0n) is 16.3. The standard InChI is InChI=1S/C20H29N3O5/c1-27-18-5-3-2-4-16(18)21-20(26)23-9-8-17(22-10-12-28-13-11-22)15(14-23)6-7-19(24)25/h2-5,15,17H,6-14H2,1H3,(H,21,26)(H,24,25)/t15-,17+/m1/s1. The highest BCUT2D eigenvalue weighted by Gasteiger charge is 2.35. The van der Waals surface area contributed by atoms with Crippen molar-refractivity contribution in [3.8, 4) is 5.75 Å². The summed E-state index contributed by atoms with van der Waals surface area (Å²) in [5.74, 6) is -0.0517. The second-order valence-corrected chi connectivity index (χ2v) is 7.27. The van der Waals surface area contributed by atoms with Crippen LogP contribution < -0.4 is 10.1 Å². The molecule has 28 heavy (non-hydrogen) atoms. The van der Waals surface area contributed by atoms with E-state index in [1.165, 1.54) is 0 Å². The van der Waals surface area contributed by atoms with Crippen LogP contribution in [0.3, 0.4) is 0 Å². The molecule has 2 heterocycles. The second-order valence-electron chi connectivity index (χ2n) is 7.27. The van der Waals surface area contributed by atoms with Crippen molar-refractivity contribution in [3.63, 3.8) is 0 Å². The van der Waals surface area contributed by atoms with Crippen LogP contribution in [0.5, 0.6) is 5.75 Å². The summed E-state index contributed by atoms with van der Waals surface area (Å²) in [6.07, 6.45) is 1.52. The first-order valence-electron chi connectivity index (χ1n) is 9.81. The molecule has 2 atom stereocenters. The van der Waals surface area contributed by atoms with Crippen LogP contribution in [0.2, 0.25) is 0 Å². The fraction of sp³-hybridized carbons (Fsp3) is 0.600. The van der Waals surface area contributed by atoms with Crippen molar-refractivity contribution >= 4 is 17.7 Å². The van der Waals surface area contributed by atoms with Crippen LogP contribution in [0.25, 0.3) is 0 Å². The quantitative estimate of drug-likeness (QED) is 0.772. The van der Waals surface area contributed by atoms with Crippen LogP contribution >= 0.6 is 0 Å². The maximum absolute atomic E-state index is 12.8. The molecule has 3 rings (SSSR count). The van der Waals surface area contributed by atoms with Gasteiger partial charge in [-0.3, -0.25) is 9.69 Å². The Morgan fingerprint density at radius 2 is 2.00 bits per heavy atom. The second kappa shape index (κ2) is 9.75. The Labute approximate surface area is 165 Å². The van der Waals surface area contributed by atoms with Gasteiger partial charge in [-0.15, -0.1) is 0 Å². The summed E-state index contributed by atoms with van der Waals surface area (Å²) in [7, 11) is 1.57. The lowest BCUT2D eigenvalue weighted by Gasteiger charge is -2.45. The average Bonchev–Trinajstić information content (AvgIpc) is 2.73. The molecular formula is C20H29N3O5. The maximum atomic E-state index is 12.8. The Bertz CT molecular complexity index is 678. The number of carbonyl (C=O) groups excluding carboxylic acids is 1. The molecule has 1 aromatic carbocycles. The van der Waals surface area contributed by atoms with E-state index >= 15 is 0 Å². The molecule has 8 heteroatoms. The number of rotatable bonds is 6. The number of carbonyl (C=O) groups is 2. The molecule has 2 aliphatic heterocycles. The molecule has 2 N–H and O–H groups in total. The highest BCUT2D eigenvalue weighted by atomic mass is 16.5. The van der Waals surface area contributed by atoms with Crippen LogP contribution in [0.4, 0.5) is 10.5 Å². The van der Waals surface area contributed by atoms with Crippen molar-refractivity contribution < 1.29 is 24.2 Å². The van der Waals surface area contributed by atoms with Gasteiger partial charge in [0.25, 0.3) is 0 Å². The van der Waals surface area contributed by atoms with Crippen molar-refractivity contribution in [2.45, 2.75) is 25.3 Å². The lowest BCUT2D eigenvalue weighted by Crippen LogP contribution is -2.55. The van der Waals surface area contributed by atoms with Gasteiger partial charge in [0.2, 0.25) is 0 Å². The summed E-state index contributed by atoms with van der Waals surface area (Å²) >= 11 is 0. The summed E-state index contributed by atoms with van der Waals surface area (Å²) in [6.45, 7) is 4.34. The summed E-state index contributed by atoms with van der Waals surface area (Å²) in [5.41, 5.74) is 0.632. The first-order valence-corrected chi connectivity index (χ1v) is 9.81. The highest BCUT2D eigenvalue weighted by molar-refractivity contribution is 5.91. The number of piperidine rings is 1. The number of amides is 2. The molecular weight excluding hydrogens is 362 g/mol. The van der Waals surface area contributed by atoms with Crippen molar-refractivity contribution in [3.05, 3.63) is 24.3 Å². The lowest BCUT2D eigenvalue weighted by molar-refractivity contribution is -0.137. The number of carboxylic acid groups (broad SMARTS) is 1. The van der Waals surface area contributed by atoms with Crippen molar-refractivity contribution in [1.29, 1.82) is 0 Å². The first-order chi connectivity index (χ1) is 13.6. The van der Waals surface area contributed by atoms with Gasteiger partial charge in [-0.2, -0.15) is 0 Å². The minimum atomic E-state index is -0.795.